The van der Waals surface area contributed by atoms with Crippen LogP contribution >= 0.6 is 0 Å². The van der Waals surface area contributed by atoms with E-state index in [0.717, 1.165) is 11.8 Å². The molecule has 4 aliphatic carbocycles. The number of anilines is 3. The molecule has 0 amide bonds. The Morgan fingerprint density at radius 3 is 1.89 bits per heavy atom. The molecule has 0 heterocycles. The monoisotopic (exact) mass is 739 g/mol. The van der Waals surface area contributed by atoms with Crippen molar-refractivity contribution in [2.45, 2.75) is 88.9 Å². The summed E-state index contributed by atoms with van der Waals surface area (Å²) in [6, 6.07) is 58.1. The summed E-state index contributed by atoms with van der Waals surface area (Å²) in [4.78, 5) is 2.57. The van der Waals surface area contributed by atoms with Crippen molar-refractivity contribution >= 4 is 27.8 Å². The van der Waals surface area contributed by atoms with Gasteiger partial charge in [0.25, 0.3) is 0 Å². The molecule has 3 atom stereocenters. The third kappa shape index (κ3) is 5.88. The minimum absolute atomic E-state index is 0.164. The topological polar surface area (TPSA) is 3.24 Å². The molecule has 0 spiro atoms. The Kier molecular flexibility index (Phi) is 8.50. The lowest BCUT2D eigenvalue weighted by Gasteiger charge is -2.31. The zero-order chi connectivity index (χ0) is 38.1. The molecule has 2 bridgehead atoms. The Labute approximate surface area is 339 Å². The maximum absolute atomic E-state index is 2.57. The van der Waals surface area contributed by atoms with Crippen molar-refractivity contribution in [1.82, 2.24) is 0 Å². The molecule has 0 radical (unpaired) electrons. The van der Waals surface area contributed by atoms with Crippen molar-refractivity contribution in [2.24, 2.45) is 11.8 Å². The molecule has 0 N–H and O–H groups in total. The lowest BCUT2D eigenvalue weighted by molar-refractivity contribution is 0.422. The summed E-state index contributed by atoms with van der Waals surface area (Å²) in [5.74, 6) is 3.15. The van der Waals surface area contributed by atoms with Crippen molar-refractivity contribution in [3.63, 3.8) is 0 Å². The van der Waals surface area contributed by atoms with Crippen molar-refractivity contribution in [1.29, 1.82) is 0 Å². The van der Waals surface area contributed by atoms with Crippen LogP contribution in [0, 0.1) is 11.8 Å². The lowest BCUT2D eigenvalue weighted by Crippen LogP contribution is -2.17. The summed E-state index contributed by atoms with van der Waals surface area (Å²) in [6.07, 6.45) is 12.4. The van der Waals surface area contributed by atoms with Crippen molar-refractivity contribution < 1.29 is 0 Å². The highest BCUT2D eigenvalue weighted by Crippen LogP contribution is 2.56. The molecule has 282 valence electrons. The molecule has 0 aliphatic heterocycles. The van der Waals surface area contributed by atoms with E-state index < -0.39 is 0 Å². The molecule has 4 aliphatic rings. The average molecular weight is 740 g/mol. The van der Waals surface area contributed by atoms with Gasteiger partial charge in [0, 0.05) is 22.2 Å². The molecule has 57 heavy (non-hydrogen) atoms. The smallest absolute Gasteiger partial charge is 0.0540 e. The van der Waals surface area contributed by atoms with Gasteiger partial charge in [-0.15, -0.1) is 0 Å². The van der Waals surface area contributed by atoms with Gasteiger partial charge in [-0.05, 0) is 153 Å². The second-order valence-corrected chi connectivity index (χ2v) is 18.3. The zero-order valence-electron chi connectivity index (χ0n) is 33.6. The summed E-state index contributed by atoms with van der Waals surface area (Å²) < 4.78 is 0. The maximum Gasteiger partial charge on any atom is 0.0540 e. The first-order chi connectivity index (χ1) is 28.0. The van der Waals surface area contributed by atoms with Crippen molar-refractivity contribution in [3.8, 4) is 33.4 Å². The van der Waals surface area contributed by atoms with E-state index in [-0.39, 0.29) is 5.41 Å². The van der Waals surface area contributed by atoms with Gasteiger partial charge < -0.3 is 4.90 Å². The van der Waals surface area contributed by atoms with Crippen LogP contribution < -0.4 is 4.90 Å². The summed E-state index contributed by atoms with van der Waals surface area (Å²) in [5.41, 5.74) is 17.2. The van der Waals surface area contributed by atoms with E-state index in [0.29, 0.717) is 11.8 Å². The van der Waals surface area contributed by atoms with Gasteiger partial charge in [-0.3, -0.25) is 0 Å². The van der Waals surface area contributed by atoms with Gasteiger partial charge >= 0.3 is 0 Å². The minimum Gasteiger partial charge on any atom is -0.310 e. The Morgan fingerprint density at radius 1 is 0.491 bits per heavy atom. The van der Waals surface area contributed by atoms with Crippen molar-refractivity contribution in [3.05, 3.63) is 174 Å². The summed E-state index contributed by atoms with van der Waals surface area (Å²) >= 11 is 0. The Balaban J connectivity index is 1.02. The molecule has 1 nitrogen and oxygen atoms in total. The van der Waals surface area contributed by atoms with Gasteiger partial charge in [0.2, 0.25) is 0 Å². The van der Waals surface area contributed by atoms with Crippen LogP contribution in [0.5, 0.6) is 0 Å². The van der Waals surface area contributed by atoms with Gasteiger partial charge in [0.1, 0.15) is 0 Å². The number of nitrogens with zero attached hydrogens (tertiary/aromatic N) is 1. The van der Waals surface area contributed by atoms with Gasteiger partial charge in [-0.1, -0.05) is 155 Å². The first kappa shape index (κ1) is 34.8. The molecule has 3 fully saturated rings. The number of hydrogen-bond acceptors (Lipinski definition) is 1. The third-order valence-corrected chi connectivity index (χ3v) is 14.8. The molecule has 3 saturated carbocycles. The molecule has 7 aromatic carbocycles. The van der Waals surface area contributed by atoms with E-state index in [9.17, 15) is 0 Å². The lowest BCUT2D eigenvalue weighted by atomic mass is 9.80. The fourth-order valence-corrected chi connectivity index (χ4v) is 11.8. The SMILES string of the molecule is CC1(C)c2cc(-c3ccccc3-c3ccccc3)ccc2-c2ccc(N(c3ccc(C4CCCCC4)cc3)c3ccc(C4CC5CCC4C5)c4ccccc34)cc21. The highest BCUT2D eigenvalue weighted by atomic mass is 15.1. The molecular weight excluding hydrogens is 687 g/mol. The summed E-state index contributed by atoms with van der Waals surface area (Å²) in [7, 11) is 0. The van der Waals surface area contributed by atoms with Crippen LogP contribution in [0.3, 0.4) is 0 Å². The average Bonchev–Trinajstić information content (AvgIpc) is 3.97. The van der Waals surface area contributed by atoms with Gasteiger partial charge in [-0.25, -0.2) is 0 Å². The number of fused-ring (bicyclic) bond motifs is 6. The Morgan fingerprint density at radius 2 is 1.16 bits per heavy atom. The van der Waals surface area contributed by atoms with E-state index in [4.69, 9.17) is 0 Å². The van der Waals surface area contributed by atoms with E-state index in [1.54, 1.807) is 5.56 Å². The van der Waals surface area contributed by atoms with Crippen LogP contribution in [-0.2, 0) is 5.41 Å². The Bertz CT molecular complexity index is 2610. The van der Waals surface area contributed by atoms with E-state index in [1.807, 2.05) is 0 Å². The highest BCUT2D eigenvalue weighted by Gasteiger charge is 2.41. The van der Waals surface area contributed by atoms with Gasteiger partial charge in [0.15, 0.2) is 0 Å². The molecule has 7 aromatic rings. The molecular formula is C56H53N. The number of benzene rings is 7. The zero-order valence-corrected chi connectivity index (χ0v) is 33.6. The van der Waals surface area contributed by atoms with Crippen molar-refractivity contribution in [2.75, 3.05) is 4.90 Å². The molecule has 11 rings (SSSR count). The van der Waals surface area contributed by atoms with Crippen LogP contribution in [0.25, 0.3) is 44.2 Å². The second kappa shape index (κ2) is 13.9. The standard InChI is InChI=1S/C56H53N/c1-56(2)53-35-42(46-18-10-9-17-45(46)40-15-7-4-8-16-40)25-29-49(53)50-30-28-44(36-54(50)56)57(43-26-23-39(24-27-43)38-13-5-3-6-14-38)55-32-31-48(47-19-11-12-20-51(47)55)52-34-37-21-22-41(52)33-37/h4,7-12,15-20,23-32,35-38,41,52H,3,5-6,13-14,21-22,33-34H2,1-2H3. The minimum atomic E-state index is -0.164. The third-order valence-electron chi connectivity index (χ3n) is 14.8. The van der Waals surface area contributed by atoms with Gasteiger partial charge in [-0.2, -0.15) is 0 Å². The molecule has 0 aromatic heterocycles. The van der Waals surface area contributed by atoms with Gasteiger partial charge in [0.05, 0.1) is 5.69 Å². The van der Waals surface area contributed by atoms with E-state index in [1.165, 1.54) is 136 Å². The first-order valence-electron chi connectivity index (χ1n) is 21.9. The fourth-order valence-electron chi connectivity index (χ4n) is 11.8. The fraction of sp³-hybridized carbons (Fsp3) is 0.286. The Hall–Kier alpha value is -5.40. The number of rotatable bonds is 7. The normalized spacial score (nSPS) is 20.8. The van der Waals surface area contributed by atoms with Crippen LogP contribution in [-0.4, -0.2) is 0 Å². The van der Waals surface area contributed by atoms with E-state index >= 15 is 0 Å². The molecule has 1 heteroatoms. The predicted octanol–water partition coefficient (Wildman–Crippen LogP) is 15.9. The molecule has 3 unspecified atom stereocenters. The van der Waals surface area contributed by atoms with E-state index in [2.05, 4.69) is 170 Å². The maximum atomic E-state index is 2.57. The first-order valence-corrected chi connectivity index (χ1v) is 21.9. The largest absolute Gasteiger partial charge is 0.310 e. The second-order valence-electron chi connectivity index (χ2n) is 18.3. The van der Waals surface area contributed by atoms with Crippen LogP contribution in [0.1, 0.15) is 106 Å². The summed E-state index contributed by atoms with van der Waals surface area (Å²) in [6.45, 7) is 4.86. The molecule has 0 saturated heterocycles. The highest BCUT2D eigenvalue weighted by molar-refractivity contribution is 6.01. The predicted molar refractivity (Wildman–Crippen MR) is 241 cm³/mol. The van der Waals surface area contributed by atoms with Crippen LogP contribution in [0.15, 0.2) is 152 Å². The number of hydrogen-bond donors (Lipinski definition) is 0. The quantitative estimate of drug-likeness (QED) is 0.157. The van der Waals surface area contributed by atoms with Crippen LogP contribution in [0.2, 0.25) is 0 Å². The van der Waals surface area contributed by atoms with Crippen LogP contribution in [0.4, 0.5) is 17.1 Å². The summed E-state index contributed by atoms with van der Waals surface area (Å²) in [5, 5.41) is 2.80.